The minimum Gasteiger partial charge on any atom is -0.322 e. The maximum Gasteiger partial charge on any atom is 0.238 e. The van der Waals surface area contributed by atoms with Crippen molar-refractivity contribution in [1.82, 2.24) is 10.2 Å². The number of carbonyl (C=O) groups excluding carboxylic acids is 1. The van der Waals surface area contributed by atoms with E-state index in [1.807, 2.05) is 4.90 Å². The van der Waals surface area contributed by atoms with Crippen LogP contribution < -0.4 is 5.32 Å². The van der Waals surface area contributed by atoms with E-state index in [0.29, 0.717) is 12.5 Å². The summed E-state index contributed by atoms with van der Waals surface area (Å²) < 4.78 is 0. The zero-order valence-electron chi connectivity index (χ0n) is 12.4. The second-order valence-corrected chi connectivity index (χ2v) is 5.91. The minimum absolute atomic E-state index is 0.0480. The van der Waals surface area contributed by atoms with Crippen molar-refractivity contribution in [2.75, 3.05) is 13.1 Å². The summed E-state index contributed by atoms with van der Waals surface area (Å²) in [5, 5.41) is 3.33. The molecule has 0 aromatic heterocycles. The Kier molecular flexibility index (Phi) is 4.25. The Labute approximate surface area is 116 Å². The molecular weight excluding hydrogens is 236 g/mol. The largest absolute Gasteiger partial charge is 0.322 e. The van der Waals surface area contributed by atoms with Crippen molar-refractivity contribution in [2.45, 2.75) is 40.3 Å². The molecule has 3 heteroatoms. The van der Waals surface area contributed by atoms with Crippen molar-refractivity contribution in [3.8, 4) is 0 Å². The highest BCUT2D eigenvalue weighted by atomic mass is 16.2. The summed E-state index contributed by atoms with van der Waals surface area (Å²) in [5.41, 5.74) is 3.74. The van der Waals surface area contributed by atoms with Crippen LogP contribution in [-0.4, -0.2) is 23.9 Å². The van der Waals surface area contributed by atoms with E-state index in [2.05, 4.69) is 51.2 Å². The van der Waals surface area contributed by atoms with Crippen molar-refractivity contribution in [3.63, 3.8) is 0 Å². The van der Waals surface area contributed by atoms with Crippen LogP contribution in [0.5, 0.6) is 0 Å². The maximum atomic E-state index is 12.0. The van der Waals surface area contributed by atoms with Gasteiger partial charge in [0.15, 0.2) is 0 Å². The second-order valence-electron chi connectivity index (χ2n) is 5.91. The predicted molar refractivity (Wildman–Crippen MR) is 77.8 cm³/mol. The van der Waals surface area contributed by atoms with Gasteiger partial charge in [0.2, 0.25) is 5.91 Å². The molecule has 1 aromatic rings. The van der Waals surface area contributed by atoms with Gasteiger partial charge in [-0.25, -0.2) is 0 Å². The summed E-state index contributed by atoms with van der Waals surface area (Å²) >= 11 is 0. The molecule has 3 nitrogen and oxygen atoms in total. The molecule has 1 aliphatic rings. The summed E-state index contributed by atoms with van der Waals surface area (Å²) in [6.07, 6.45) is 1.10. The average molecular weight is 260 g/mol. The van der Waals surface area contributed by atoms with Gasteiger partial charge >= 0.3 is 0 Å². The Bertz CT molecular complexity index is 468. The molecule has 1 amide bonds. The first-order valence-electron chi connectivity index (χ1n) is 7.09. The van der Waals surface area contributed by atoms with E-state index in [1.165, 1.54) is 16.7 Å². The lowest BCUT2D eigenvalue weighted by molar-refractivity contribution is -0.128. The van der Waals surface area contributed by atoms with Crippen LogP contribution in [0.4, 0.5) is 0 Å². The number of amides is 1. The van der Waals surface area contributed by atoms with Crippen LogP contribution in [0.3, 0.4) is 0 Å². The monoisotopic (exact) mass is 260 g/mol. The third kappa shape index (κ3) is 3.16. The molecular formula is C16H24N2O. The van der Waals surface area contributed by atoms with Gasteiger partial charge in [0.1, 0.15) is 6.17 Å². The lowest BCUT2D eigenvalue weighted by Crippen LogP contribution is -2.32. The number of rotatable bonds is 4. The minimum atomic E-state index is 0.0480. The molecule has 1 saturated heterocycles. The fourth-order valence-corrected chi connectivity index (χ4v) is 2.60. The molecule has 1 aromatic carbocycles. The van der Waals surface area contributed by atoms with Crippen molar-refractivity contribution in [3.05, 3.63) is 34.9 Å². The second kappa shape index (κ2) is 5.74. The Hall–Kier alpha value is -1.35. The van der Waals surface area contributed by atoms with E-state index < -0.39 is 0 Å². The molecule has 1 atom stereocenters. The van der Waals surface area contributed by atoms with Crippen LogP contribution in [-0.2, 0) is 4.79 Å². The van der Waals surface area contributed by atoms with E-state index in [-0.39, 0.29) is 12.1 Å². The van der Waals surface area contributed by atoms with Gasteiger partial charge in [-0.3, -0.25) is 10.1 Å². The molecule has 1 unspecified atom stereocenters. The molecule has 19 heavy (non-hydrogen) atoms. The Morgan fingerprint density at radius 2 is 2.11 bits per heavy atom. The number of nitrogens with zero attached hydrogens (tertiary/aromatic N) is 1. The number of carbonyl (C=O) groups is 1. The first-order valence-corrected chi connectivity index (χ1v) is 7.09. The van der Waals surface area contributed by atoms with Gasteiger partial charge in [0, 0.05) is 6.54 Å². The first-order chi connectivity index (χ1) is 8.99. The van der Waals surface area contributed by atoms with Gasteiger partial charge in [-0.1, -0.05) is 37.6 Å². The van der Waals surface area contributed by atoms with Gasteiger partial charge in [-0.15, -0.1) is 0 Å². The molecule has 1 aliphatic heterocycles. The van der Waals surface area contributed by atoms with Crippen LogP contribution in [0.1, 0.15) is 43.1 Å². The lowest BCUT2D eigenvalue weighted by atomic mass is 10.0. The highest BCUT2D eigenvalue weighted by molar-refractivity contribution is 5.81. The Morgan fingerprint density at radius 3 is 2.74 bits per heavy atom. The third-order valence-electron chi connectivity index (χ3n) is 3.75. The van der Waals surface area contributed by atoms with Gasteiger partial charge in [-0.2, -0.15) is 0 Å². The van der Waals surface area contributed by atoms with Gasteiger partial charge in [-0.05, 0) is 37.3 Å². The first kappa shape index (κ1) is 14.1. The standard InChI is InChI=1S/C16H24N2O/c1-11(2)7-8-18-15(19)10-17-16(18)14-6-5-12(3)9-13(14)4/h5-6,9,11,16-17H,7-8,10H2,1-4H3. The van der Waals surface area contributed by atoms with Crippen LogP contribution in [0, 0.1) is 19.8 Å². The molecule has 1 heterocycles. The fourth-order valence-electron chi connectivity index (χ4n) is 2.60. The fraction of sp³-hybridized carbons (Fsp3) is 0.562. The van der Waals surface area contributed by atoms with Crippen molar-refractivity contribution in [1.29, 1.82) is 0 Å². The molecule has 104 valence electrons. The Balaban J connectivity index is 2.19. The van der Waals surface area contributed by atoms with E-state index in [0.717, 1.165) is 13.0 Å². The van der Waals surface area contributed by atoms with E-state index in [9.17, 15) is 4.79 Å². The number of hydrogen-bond donors (Lipinski definition) is 1. The highest BCUT2D eigenvalue weighted by Gasteiger charge is 2.31. The lowest BCUT2D eigenvalue weighted by Gasteiger charge is -2.26. The summed E-state index contributed by atoms with van der Waals surface area (Å²) in [6.45, 7) is 9.89. The zero-order chi connectivity index (χ0) is 14.0. The molecule has 1 N–H and O–H groups in total. The van der Waals surface area contributed by atoms with Gasteiger partial charge in [0.25, 0.3) is 0 Å². The Morgan fingerprint density at radius 1 is 1.37 bits per heavy atom. The van der Waals surface area contributed by atoms with Crippen LogP contribution in [0.2, 0.25) is 0 Å². The highest BCUT2D eigenvalue weighted by Crippen LogP contribution is 2.26. The average Bonchev–Trinajstić information content (AvgIpc) is 2.68. The molecule has 0 spiro atoms. The van der Waals surface area contributed by atoms with Crippen LogP contribution in [0.15, 0.2) is 18.2 Å². The summed E-state index contributed by atoms with van der Waals surface area (Å²) in [7, 11) is 0. The van der Waals surface area contributed by atoms with Crippen molar-refractivity contribution in [2.24, 2.45) is 5.92 Å². The van der Waals surface area contributed by atoms with Crippen LogP contribution in [0.25, 0.3) is 0 Å². The molecule has 0 aliphatic carbocycles. The van der Waals surface area contributed by atoms with Gasteiger partial charge in [0.05, 0.1) is 6.54 Å². The third-order valence-corrected chi connectivity index (χ3v) is 3.75. The molecule has 0 radical (unpaired) electrons. The zero-order valence-corrected chi connectivity index (χ0v) is 12.4. The van der Waals surface area contributed by atoms with Crippen molar-refractivity contribution >= 4 is 5.91 Å². The quantitative estimate of drug-likeness (QED) is 0.903. The van der Waals surface area contributed by atoms with E-state index in [4.69, 9.17) is 0 Å². The summed E-state index contributed by atoms with van der Waals surface area (Å²) in [6, 6.07) is 6.44. The van der Waals surface area contributed by atoms with E-state index in [1.54, 1.807) is 0 Å². The predicted octanol–water partition coefficient (Wildman–Crippen LogP) is 2.78. The normalized spacial score (nSPS) is 19.5. The smallest absolute Gasteiger partial charge is 0.238 e. The molecule has 2 rings (SSSR count). The van der Waals surface area contributed by atoms with Crippen LogP contribution >= 0.6 is 0 Å². The number of hydrogen-bond acceptors (Lipinski definition) is 2. The molecule has 1 fully saturated rings. The maximum absolute atomic E-state index is 12.0. The topological polar surface area (TPSA) is 32.3 Å². The number of aryl methyl sites for hydroxylation is 2. The van der Waals surface area contributed by atoms with E-state index >= 15 is 0 Å². The van der Waals surface area contributed by atoms with Gasteiger partial charge < -0.3 is 4.90 Å². The molecule has 0 bridgehead atoms. The molecule has 0 saturated carbocycles. The van der Waals surface area contributed by atoms with Crippen molar-refractivity contribution < 1.29 is 4.79 Å². The summed E-state index contributed by atoms with van der Waals surface area (Å²) in [4.78, 5) is 14.0. The summed E-state index contributed by atoms with van der Waals surface area (Å²) in [5.74, 6) is 0.832. The number of benzene rings is 1. The SMILES string of the molecule is Cc1ccc(C2NCC(=O)N2CCC(C)C)c(C)c1. The number of nitrogens with one attached hydrogen (secondary N) is 1.